The summed E-state index contributed by atoms with van der Waals surface area (Å²) in [6, 6.07) is 28.0. The molecular weight excluding hydrogens is 268 g/mol. The fourth-order valence-electron chi connectivity index (χ4n) is 3.06. The second-order valence-corrected chi connectivity index (χ2v) is 5.66. The van der Waals surface area contributed by atoms with Crippen molar-refractivity contribution in [2.24, 2.45) is 0 Å². The summed E-state index contributed by atoms with van der Waals surface area (Å²) in [6.45, 7) is 2.19. The second kappa shape index (κ2) is 5.32. The Kier molecular flexibility index (Phi) is 3.17. The van der Waals surface area contributed by atoms with Gasteiger partial charge in [0.25, 0.3) is 0 Å². The van der Waals surface area contributed by atoms with Crippen LogP contribution in [0, 0.1) is 0 Å². The van der Waals surface area contributed by atoms with E-state index >= 15 is 0 Å². The molecule has 1 heterocycles. The molecule has 3 aromatic rings. The topological polar surface area (TPSA) is 15.3 Å². The Bertz CT molecular complexity index is 796. The molecule has 2 heteroatoms. The zero-order chi connectivity index (χ0) is 14.9. The molecule has 1 aliphatic rings. The van der Waals surface area contributed by atoms with Crippen molar-refractivity contribution in [1.82, 2.24) is 5.43 Å². The van der Waals surface area contributed by atoms with E-state index < -0.39 is 0 Å². The van der Waals surface area contributed by atoms with Crippen LogP contribution in [0.3, 0.4) is 0 Å². The number of para-hydroxylation sites is 1. The van der Waals surface area contributed by atoms with Crippen LogP contribution in [0.5, 0.6) is 0 Å². The Morgan fingerprint density at radius 1 is 0.773 bits per heavy atom. The molecular formula is C20H18N2. The van der Waals surface area contributed by atoms with E-state index in [1.807, 2.05) is 6.07 Å². The highest BCUT2D eigenvalue weighted by Crippen LogP contribution is 2.38. The van der Waals surface area contributed by atoms with Crippen molar-refractivity contribution in [2.45, 2.75) is 13.0 Å². The lowest BCUT2D eigenvalue weighted by atomic mass is 10.0. The van der Waals surface area contributed by atoms with Gasteiger partial charge in [-0.2, -0.15) is 0 Å². The fourth-order valence-corrected chi connectivity index (χ4v) is 3.06. The van der Waals surface area contributed by atoms with E-state index in [9.17, 15) is 0 Å². The molecule has 0 bridgehead atoms. The molecule has 0 aliphatic carbocycles. The predicted octanol–water partition coefficient (Wildman–Crippen LogP) is 5.07. The van der Waals surface area contributed by atoms with E-state index in [2.05, 4.69) is 90.2 Å². The molecule has 3 aromatic carbocycles. The normalized spacial score (nSPS) is 16.6. The molecule has 22 heavy (non-hydrogen) atoms. The highest BCUT2D eigenvalue weighted by Gasteiger charge is 2.25. The van der Waals surface area contributed by atoms with Gasteiger partial charge in [-0.05, 0) is 41.8 Å². The molecule has 1 N–H and O–H groups in total. The van der Waals surface area contributed by atoms with Crippen LogP contribution in [0.1, 0.15) is 18.5 Å². The van der Waals surface area contributed by atoms with Crippen LogP contribution >= 0.6 is 0 Å². The molecule has 4 rings (SSSR count). The van der Waals surface area contributed by atoms with Gasteiger partial charge in [0, 0.05) is 0 Å². The summed E-state index contributed by atoms with van der Waals surface area (Å²) in [7, 11) is 0. The molecule has 0 amide bonds. The Morgan fingerprint density at radius 2 is 1.50 bits per heavy atom. The lowest BCUT2D eigenvalue weighted by molar-refractivity contribution is 0.634. The number of nitrogens with one attached hydrogen (secondary N) is 1. The molecule has 0 radical (unpaired) electrons. The maximum Gasteiger partial charge on any atom is 0.0626 e. The van der Waals surface area contributed by atoms with Gasteiger partial charge in [0.2, 0.25) is 0 Å². The summed E-state index contributed by atoms with van der Waals surface area (Å²) in [5.41, 5.74) is 9.76. The monoisotopic (exact) mass is 286 g/mol. The summed E-state index contributed by atoms with van der Waals surface area (Å²) in [5, 5.41) is 2.19. The summed E-state index contributed by atoms with van der Waals surface area (Å²) in [5.74, 6) is 0. The first-order valence-corrected chi connectivity index (χ1v) is 7.63. The van der Waals surface area contributed by atoms with E-state index in [-0.39, 0.29) is 0 Å². The van der Waals surface area contributed by atoms with Crippen LogP contribution in [0.4, 0.5) is 11.4 Å². The fraction of sp³-hybridized carbons (Fsp3) is 0.100. The number of nitrogens with zero attached hydrogens (tertiary/aromatic N) is 1. The number of fused-ring (bicyclic) bond motifs is 1. The first-order valence-electron chi connectivity index (χ1n) is 7.63. The van der Waals surface area contributed by atoms with Gasteiger partial charge in [-0.3, -0.25) is 5.01 Å². The first-order chi connectivity index (χ1) is 10.8. The van der Waals surface area contributed by atoms with Gasteiger partial charge in [-0.25, -0.2) is 5.43 Å². The van der Waals surface area contributed by atoms with E-state index in [4.69, 9.17) is 0 Å². The lowest BCUT2D eigenvalue weighted by Crippen LogP contribution is -2.28. The smallest absolute Gasteiger partial charge is 0.0626 e. The number of anilines is 2. The third kappa shape index (κ3) is 2.18. The highest BCUT2D eigenvalue weighted by molar-refractivity contribution is 5.74. The van der Waals surface area contributed by atoms with Gasteiger partial charge in [-0.15, -0.1) is 0 Å². The van der Waals surface area contributed by atoms with Crippen molar-refractivity contribution < 1.29 is 0 Å². The van der Waals surface area contributed by atoms with Gasteiger partial charge in [0.1, 0.15) is 0 Å². The minimum Gasteiger partial charge on any atom is -0.276 e. The maximum absolute atomic E-state index is 3.55. The number of benzene rings is 3. The number of rotatable bonds is 2. The first kappa shape index (κ1) is 13.1. The molecule has 0 saturated carbocycles. The largest absolute Gasteiger partial charge is 0.276 e. The van der Waals surface area contributed by atoms with Gasteiger partial charge in [0.05, 0.1) is 17.4 Å². The SMILES string of the molecule is CC1NN(c2cccc(-c3ccccc3)c2)c2ccccc21. The molecule has 0 fully saturated rings. The molecule has 1 unspecified atom stereocenters. The summed E-state index contributed by atoms with van der Waals surface area (Å²) < 4.78 is 0. The number of hydrogen-bond acceptors (Lipinski definition) is 2. The Labute approximate surface area is 131 Å². The average Bonchev–Trinajstić information content (AvgIpc) is 2.93. The van der Waals surface area contributed by atoms with Crippen LogP contribution in [0.2, 0.25) is 0 Å². The third-order valence-corrected chi connectivity index (χ3v) is 4.18. The molecule has 2 nitrogen and oxygen atoms in total. The maximum atomic E-state index is 3.55. The van der Waals surface area contributed by atoms with E-state index in [0.29, 0.717) is 6.04 Å². The van der Waals surface area contributed by atoms with Crippen LogP contribution in [-0.2, 0) is 0 Å². The Hall–Kier alpha value is -2.58. The van der Waals surface area contributed by atoms with E-state index in [0.717, 1.165) is 5.69 Å². The quantitative estimate of drug-likeness (QED) is 0.707. The van der Waals surface area contributed by atoms with Crippen molar-refractivity contribution >= 4 is 11.4 Å². The third-order valence-electron chi connectivity index (χ3n) is 4.18. The van der Waals surface area contributed by atoms with Crippen LogP contribution in [0.15, 0.2) is 78.9 Å². The zero-order valence-electron chi connectivity index (χ0n) is 12.5. The second-order valence-electron chi connectivity index (χ2n) is 5.66. The standard InChI is InChI=1S/C20H18N2/c1-15-19-12-5-6-13-20(19)22(21-15)18-11-7-10-17(14-18)16-8-3-2-4-9-16/h2-15,21H,1H3. The lowest BCUT2D eigenvalue weighted by Gasteiger charge is -2.21. The Morgan fingerprint density at radius 3 is 2.36 bits per heavy atom. The number of hydrogen-bond donors (Lipinski definition) is 1. The molecule has 0 aromatic heterocycles. The van der Waals surface area contributed by atoms with Crippen LogP contribution in [-0.4, -0.2) is 0 Å². The van der Waals surface area contributed by atoms with Crippen molar-refractivity contribution in [2.75, 3.05) is 5.01 Å². The summed E-state index contributed by atoms with van der Waals surface area (Å²) in [4.78, 5) is 0. The molecule has 0 saturated heterocycles. The van der Waals surface area contributed by atoms with Crippen molar-refractivity contribution in [3.8, 4) is 11.1 Å². The molecule has 1 aliphatic heterocycles. The van der Waals surface area contributed by atoms with E-state index in [1.54, 1.807) is 0 Å². The molecule has 108 valence electrons. The van der Waals surface area contributed by atoms with Gasteiger partial charge >= 0.3 is 0 Å². The van der Waals surface area contributed by atoms with Crippen molar-refractivity contribution in [1.29, 1.82) is 0 Å². The molecule has 1 atom stereocenters. The number of hydrazine groups is 1. The van der Waals surface area contributed by atoms with Crippen LogP contribution in [0.25, 0.3) is 11.1 Å². The summed E-state index contributed by atoms with van der Waals surface area (Å²) >= 11 is 0. The Balaban J connectivity index is 1.76. The predicted molar refractivity (Wildman–Crippen MR) is 92.0 cm³/mol. The van der Waals surface area contributed by atoms with Crippen LogP contribution < -0.4 is 10.4 Å². The minimum atomic E-state index is 0.330. The minimum absolute atomic E-state index is 0.330. The van der Waals surface area contributed by atoms with E-state index in [1.165, 1.54) is 22.4 Å². The zero-order valence-corrected chi connectivity index (χ0v) is 12.5. The van der Waals surface area contributed by atoms with Gasteiger partial charge in [0.15, 0.2) is 0 Å². The van der Waals surface area contributed by atoms with Gasteiger partial charge in [-0.1, -0.05) is 60.7 Å². The highest BCUT2D eigenvalue weighted by atomic mass is 15.5. The molecule has 0 spiro atoms. The average molecular weight is 286 g/mol. The van der Waals surface area contributed by atoms with Crippen molar-refractivity contribution in [3.05, 3.63) is 84.4 Å². The van der Waals surface area contributed by atoms with Crippen molar-refractivity contribution in [3.63, 3.8) is 0 Å². The summed E-state index contributed by atoms with van der Waals surface area (Å²) in [6.07, 6.45) is 0. The van der Waals surface area contributed by atoms with Gasteiger partial charge < -0.3 is 0 Å².